The molecule has 80 valence electrons. The van der Waals surface area contributed by atoms with Crippen LogP contribution in [0.2, 0.25) is 0 Å². The van der Waals surface area contributed by atoms with Gasteiger partial charge >= 0.3 is 0 Å². The van der Waals surface area contributed by atoms with Gasteiger partial charge in [0.1, 0.15) is 0 Å². The predicted octanol–water partition coefficient (Wildman–Crippen LogP) is 0.147. The fraction of sp³-hybridized carbons (Fsp3) is 0.900. The molecule has 0 aromatic rings. The van der Waals surface area contributed by atoms with E-state index in [9.17, 15) is 9.90 Å². The Morgan fingerprint density at radius 2 is 2.14 bits per heavy atom. The number of rotatable bonds is 2. The maximum Gasteiger partial charge on any atom is 0.210 e. The molecule has 0 radical (unpaired) electrons. The lowest BCUT2D eigenvalue weighted by Crippen LogP contribution is -2.58. The zero-order chi connectivity index (χ0) is 10.4. The maximum absolute atomic E-state index is 10.9. The van der Waals surface area contributed by atoms with E-state index in [1.54, 1.807) is 4.90 Å². The summed E-state index contributed by atoms with van der Waals surface area (Å²) in [5.41, 5.74) is -0.958. The predicted molar refractivity (Wildman–Crippen MR) is 50.8 cm³/mol. The summed E-state index contributed by atoms with van der Waals surface area (Å²) in [4.78, 5) is 12.6. The molecule has 14 heavy (non-hydrogen) atoms. The molecule has 1 saturated carbocycles. The fourth-order valence-electron chi connectivity index (χ4n) is 2.03. The average molecular weight is 199 g/mol. The number of nitrogens with zero attached hydrogens (tertiary/aromatic N) is 1. The molecule has 1 unspecified atom stereocenters. The van der Waals surface area contributed by atoms with Crippen LogP contribution in [0, 0.1) is 0 Å². The van der Waals surface area contributed by atoms with Crippen LogP contribution in [-0.2, 0) is 9.53 Å². The molecule has 1 aliphatic carbocycles. The molecule has 0 spiro atoms. The SMILES string of the molecule is CC1(C)CN(C=O)C(C2(O)CC2)CO1. The molecular formula is C10H17NO3. The number of amides is 1. The highest BCUT2D eigenvalue weighted by molar-refractivity contribution is 5.49. The Labute approximate surface area is 83.8 Å². The summed E-state index contributed by atoms with van der Waals surface area (Å²) in [6.45, 7) is 4.92. The van der Waals surface area contributed by atoms with Crippen molar-refractivity contribution in [2.75, 3.05) is 13.2 Å². The van der Waals surface area contributed by atoms with Crippen molar-refractivity contribution in [2.24, 2.45) is 0 Å². The standard InChI is InChI=1S/C10H17NO3/c1-9(2)6-11(7-12)8(5-14-9)10(13)3-4-10/h7-8,13H,3-6H2,1-2H3. The first-order valence-corrected chi connectivity index (χ1v) is 5.04. The van der Waals surface area contributed by atoms with Gasteiger partial charge in [-0.2, -0.15) is 0 Å². The lowest BCUT2D eigenvalue weighted by Gasteiger charge is -2.43. The Morgan fingerprint density at radius 3 is 2.64 bits per heavy atom. The van der Waals surface area contributed by atoms with Crippen molar-refractivity contribution in [3.63, 3.8) is 0 Å². The summed E-state index contributed by atoms with van der Waals surface area (Å²) < 4.78 is 5.62. The van der Waals surface area contributed by atoms with Gasteiger partial charge in [0.2, 0.25) is 6.41 Å². The molecule has 1 saturated heterocycles. The molecule has 2 fully saturated rings. The molecule has 1 heterocycles. The summed E-state index contributed by atoms with van der Waals surface area (Å²) in [6, 6.07) is -0.145. The molecule has 1 aliphatic heterocycles. The van der Waals surface area contributed by atoms with Crippen LogP contribution in [0.5, 0.6) is 0 Å². The largest absolute Gasteiger partial charge is 0.388 e. The second kappa shape index (κ2) is 2.94. The first-order valence-electron chi connectivity index (χ1n) is 5.04. The number of hydrogen-bond acceptors (Lipinski definition) is 3. The minimum absolute atomic E-state index is 0.145. The molecular weight excluding hydrogens is 182 g/mol. The van der Waals surface area contributed by atoms with Gasteiger partial charge in [-0.3, -0.25) is 4.79 Å². The Hall–Kier alpha value is -0.610. The monoisotopic (exact) mass is 199 g/mol. The van der Waals surface area contributed by atoms with E-state index in [0.717, 1.165) is 19.3 Å². The molecule has 4 heteroatoms. The summed E-state index contributed by atoms with van der Waals surface area (Å²) in [5.74, 6) is 0. The molecule has 0 aromatic heterocycles. The van der Waals surface area contributed by atoms with Gasteiger partial charge in [-0.25, -0.2) is 0 Å². The van der Waals surface area contributed by atoms with Crippen LogP contribution in [-0.4, -0.2) is 46.8 Å². The van der Waals surface area contributed by atoms with Crippen LogP contribution in [0.1, 0.15) is 26.7 Å². The number of hydrogen-bond donors (Lipinski definition) is 1. The highest BCUT2D eigenvalue weighted by Gasteiger charge is 2.52. The van der Waals surface area contributed by atoms with E-state index in [1.807, 2.05) is 13.8 Å². The van der Waals surface area contributed by atoms with E-state index in [-0.39, 0.29) is 11.6 Å². The van der Waals surface area contributed by atoms with Crippen molar-refractivity contribution < 1.29 is 14.6 Å². The van der Waals surface area contributed by atoms with Gasteiger partial charge in [-0.1, -0.05) is 0 Å². The highest BCUT2D eigenvalue weighted by Crippen LogP contribution is 2.42. The Kier molecular flexibility index (Phi) is 2.08. The maximum atomic E-state index is 10.9. The zero-order valence-corrected chi connectivity index (χ0v) is 8.69. The van der Waals surface area contributed by atoms with Crippen molar-refractivity contribution in [1.82, 2.24) is 4.90 Å². The molecule has 1 atom stereocenters. The number of aliphatic hydroxyl groups is 1. The van der Waals surface area contributed by atoms with Crippen molar-refractivity contribution in [1.29, 1.82) is 0 Å². The first-order chi connectivity index (χ1) is 6.47. The topological polar surface area (TPSA) is 49.8 Å². The first kappa shape index (κ1) is 9.93. The summed E-state index contributed by atoms with van der Waals surface area (Å²) in [5, 5.41) is 9.94. The van der Waals surface area contributed by atoms with Crippen LogP contribution in [0.15, 0.2) is 0 Å². The molecule has 0 aromatic carbocycles. The highest BCUT2D eigenvalue weighted by atomic mass is 16.5. The van der Waals surface area contributed by atoms with Crippen LogP contribution in [0.4, 0.5) is 0 Å². The number of ether oxygens (including phenoxy) is 1. The smallest absolute Gasteiger partial charge is 0.210 e. The number of morpholine rings is 1. The number of carbonyl (C=O) groups is 1. The summed E-state index contributed by atoms with van der Waals surface area (Å²) in [6.07, 6.45) is 2.39. The van der Waals surface area contributed by atoms with Gasteiger partial charge in [0.25, 0.3) is 0 Å². The van der Waals surface area contributed by atoms with Gasteiger partial charge in [0, 0.05) is 6.54 Å². The third kappa shape index (κ3) is 1.64. The lowest BCUT2D eigenvalue weighted by molar-refractivity contribution is -0.158. The summed E-state index contributed by atoms with van der Waals surface area (Å²) in [7, 11) is 0. The Bertz CT molecular complexity index is 248. The summed E-state index contributed by atoms with van der Waals surface area (Å²) >= 11 is 0. The van der Waals surface area contributed by atoms with Crippen molar-refractivity contribution in [3.05, 3.63) is 0 Å². The van der Waals surface area contributed by atoms with E-state index < -0.39 is 5.60 Å². The normalized spacial score (nSPS) is 33.9. The van der Waals surface area contributed by atoms with Crippen molar-refractivity contribution in [2.45, 2.75) is 43.9 Å². The molecule has 4 nitrogen and oxygen atoms in total. The van der Waals surface area contributed by atoms with Crippen LogP contribution < -0.4 is 0 Å². The molecule has 0 bridgehead atoms. The van der Waals surface area contributed by atoms with E-state index in [4.69, 9.17) is 4.74 Å². The van der Waals surface area contributed by atoms with E-state index in [0.29, 0.717) is 13.2 Å². The van der Waals surface area contributed by atoms with Crippen LogP contribution >= 0.6 is 0 Å². The second-order valence-corrected chi connectivity index (χ2v) is 4.97. The quantitative estimate of drug-likeness (QED) is 0.644. The Balaban J connectivity index is 2.09. The molecule has 1 amide bonds. The fourth-order valence-corrected chi connectivity index (χ4v) is 2.03. The van der Waals surface area contributed by atoms with Gasteiger partial charge < -0.3 is 14.7 Å². The lowest BCUT2D eigenvalue weighted by atomic mass is 10.0. The third-order valence-corrected chi connectivity index (χ3v) is 3.11. The average Bonchev–Trinajstić information content (AvgIpc) is 2.82. The van der Waals surface area contributed by atoms with Crippen molar-refractivity contribution in [3.8, 4) is 0 Å². The Morgan fingerprint density at radius 1 is 1.50 bits per heavy atom. The number of carbonyl (C=O) groups excluding carboxylic acids is 1. The van der Waals surface area contributed by atoms with E-state index in [2.05, 4.69) is 0 Å². The third-order valence-electron chi connectivity index (χ3n) is 3.11. The van der Waals surface area contributed by atoms with Crippen LogP contribution in [0.25, 0.3) is 0 Å². The van der Waals surface area contributed by atoms with Gasteiger partial charge in [-0.15, -0.1) is 0 Å². The minimum atomic E-state index is -0.669. The zero-order valence-electron chi connectivity index (χ0n) is 8.69. The van der Waals surface area contributed by atoms with Gasteiger partial charge in [-0.05, 0) is 26.7 Å². The molecule has 1 N–H and O–H groups in total. The minimum Gasteiger partial charge on any atom is -0.388 e. The van der Waals surface area contributed by atoms with Crippen molar-refractivity contribution >= 4 is 6.41 Å². The van der Waals surface area contributed by atoms with Gasteiger partial charge in [0.05, 0.1) is 23.9 Å². The van der Waals surface area contributed by atoms with Gasteiger partial charge in [0.15, 0.2) is 0 Å². The second-order valence-electron chi connectivity index (χ2n) is 4.97. The van der Waals surface area contributed by atoms with E-state index in [1.165, 1.54) is 0 Å². The molecule has 2 aliphatic rings. The molecule has 2 rings (SSSR count). The van der Waals surface area contributed by atoms with Crippen LogP contribution in [0.3, 0.4) is 0 Å². The van der Waals surface area contributed by atoms with E-state index >= 15 is 0 Å².